The SMILES string of the molecule is Cc1noc2nc(-c3ccccc3)cc(C(=O)NCCC3(O)CC4CCC3C4)c12. The van der Waals surface area contributed by atoms with Gasteiger partial charge in [-0.15, -0.1) is 0 Å². The summed E-state index contributed by atoms with van der Waals surface area (Å²) >= 11 is 0. The summed E-state index contributed by atoms with van der Waals surface area (Å²) in [4.78, 5) is 17.6. The van der Waals surface area contributed by atoms with Gasteiger partial charge in [0, 0.05) is 12.1 Å². The van der Waals surface area contributed by atoms with Crippen LogP contribution in [0.15, 0.2) is 40.9 Å². The van der Waals surface area contributed by atoms with E-state index in [4.69, 9.17) is 4.52 Å². The molecule has 150 valence electrons. The minimum Gasteiger partial charge on any atom is -0.390 e. The van der Waals surface area contributed by atoms with E-state index in [0.29, 0.717) is 52.9 Å². The minimum absolute atomic E-state index is 0.187. The molecule has 0 aliphatic heterocycles. The fourth-order valence-corrected chi connectivity index (χ4v) is 5.24. The van der Waals surface area contributed by atoms with Crippen molar-refractivity contribution in [2.24, 2.45) is 11.8 Å². The Labute approximate surface area is 169 Å². The minimum atomic E-state index is -0.619. The Morgan fingerprint density at radius 3 is 2.86 bits per heavy atom. The van der Waals surface area contributed by atoms with Gasteiger partial charge in [0.1, 0.15) is 0 Å². The second kappa shape index (κ2) is 6.95. The van der Waals surface area contributed by atoms with Crippen molar-refractivity contribution < 1.29 is 14.4 Å². The Bertz CT molecular complexity index is 1060. The molecule has 1 amide bonds. The van der Waals surface area contributed by atoms with Crippen LogP contribution in [0.3, 0.4) is 0 Å². The number of nitrogens with zero attached hydrogens (tertiary/aromatic N) is 2. The second-order valence-corrected chi connectivity index (χ2v) is 8.56. The molecule has 2 saturated carbocycles. The highest BCUT2D eigenvalue weighted by molar-refractivity contribution is 6.06. The average molecular weight is 391 g/mol. The van der Waals surface area contributed by atoms with Gasteiger partial charge < -0.3 is 14.9 Å². The van der Waals surface area contributed by atoms with Crippen LogP contribution in [0.4, 0.5) is 0 Å². The maximum Gasteiger partial charge on any atom is 0.259 e. The highest BCUT2D eigenvalue weighted by atomic mass is 16.5. The Hall–Kier alpha value is -2.73. The lowest BCUT2D eigenvalue weighted by molar-refractivity contribution is -0.0195. The normalized spacial score (nSPS) is 25.6. The van der Waals surface area contributed by atoms with Gasteiger partial charge in [-0.05, 0) is 56.9 Å². The van der Waals surface area contributed by atoms with Crippen LogP contribution in [0.5, 0.6) is 0 Å². The van der Waals surface area contributed by atoms with Crippen molar-refractivity contribution in [3.8, 4) is 11.3 Å². The maximum atomic E-state index is 13.0. The number of hydrogen-bond donors (Lipinski definition) is 2. The molecular formula is C23H25N3O3. The third-order valence-electron chi connectivity index (χ3n) is 6.72. The first-order valence-electron chi connectivity index (χ1n) is 10.4. The fraction of sp³-hybridized carbons (Fsp3) is 0.435. The van der Waals surface area contributed by atoms with Gasteiger partial charge >= 0.3 is 0 Å². The Morgan fingerprint density at radius 2 is 2.14 bits per heavy atom. The van der Waals surface area contributed by atoms with E-state index in [0.717, 1.165) is 24.8 Å². The van der Waals surface area contributed by atoms with E-state index >= 15 is 0 Å². The third kappa shape index (κ3) is 3.21. The number of benzene rings is 1. The van der Waals surface area contributed by atoms with Crippen LogP contribution < -0.4 is 5.32 Å². The average Bonchev–Trinajstić information content (AvgIpc) is 3.43. The second-order valence-electron chi connectivity index (χ2n) is 8.56. The number of pyridine rings is 1. The van der Waals surface area contributed by atoms with E-state index in [9.17, 15) is 9.90 Å². The number of aryl methyl sites for hydroxylation is 1. The van der Waals surface area contributed by atoms with Gasteiger partial charge in [0.15, 0.2) is 0 Å². The standard InChI is InChI=1S/C23H25N3O3/c1-14-20-18(12-19(25-22(20)29-26-14)16-5-3-2-4-6-16)21(27)24-10-9-23(28)13-15-7-8-17(23)11-15/h2-6,12,15,17,28H,7-11,13H2,1H3,(H,24,27). The van der Waals surface area contributed by atoms with Crippen molar-refractivity contribution in [2.45, 2.75) is 44.6 Å². The van der Waals surface area contributed by atoms with Crippen molar-refractivity contribution in [1.82, 2.24) is 15.5 Å². The summed E-state index contributed by atoms with van der Waals surface area (Å²) in [6, 6.07) is 11.5. The molecule has 3 aromatic rings. The fourth-order valence-electron chi connectivity index (χ4n) is 5.24. The number of aromatic nitrogens is 2. The zero-order valence-electron chi connectivity index (χ0n) is 16.5. The number of carbonyl (C=O) groups excluding carboxylic acids is 1. The summed E-state index contributed by atoms with van der Waals surface area (Å²) < 4.78 is 5.36. The van der Waals surface area contributed by atoms with Crippen molar-refractivity contribution in [3.63, 3.8) is 0 Å². The van der Waals surface area contributed by atoms with E-state index in [-0.39, 0.29) is 5.91 Å². The molecule has 2 N–H and O–H groups in total. The molecule has 1 aromatic carbocycles. The van der Waals surface area contributed by atoms with E-state index in [1.54, 1.807) is 6.07 Å². The number of carbonyl (C=O) groups is 1. The lowest BCUT2D eigenvalue weighted by Crippen LogP contribution is -2.39. The number of hydrogen-bond acceptors (Lipinski definition) is 5. The van der Waals surface area contributed by atoms with Crippen LogP contribution >= 0.6 is 0 Å². The summed E-state index contributed by atoms with van der Waals surface area (Å²) in [5, 5.41) is 18.6. The summed E-state index contributed by atoms with van der Waals surface area (Å²) in [5.74, 6) is 0.864. The number of amides is 1. The molecule has 2 heterocycles. The quantitative estimate of drug-likeness (QED) is 0.689. The lowest BCUT2D eigenvalue weighted by Gasteiger charge is -2.32. The maximum absolute atomic E-state index is 13.0. The molecule has 0 spiro atoms. The number of rotatable bonds is 5. The number of aliphatic hydroxyl groups is 1. The summed E-state index contributed by atoms with van der Waals surface area (Å²) in [6.07, 6.45) is 4.96. The first-order chi connectivity index (χ1) is 14.0. The highest BCUT2D eigenvalue weighted by Gasteiger charge is 2.49. The summed E-state index contributed by atoms with van der Waals surface area (Å²) in [6.45, 7) is 2.26. The molecule has 5 rings (SSSR count). The topological polar surface area (TPSA) is 88.2 Å². The Morgan fingerprint density at radius 1 is 1.31 bits per heavy atom. The van der Waals surface area contributed by atoms with Crippen molar-refractivity contribution in [3.05, 3.63) is 47.7 Å². The molecule has 6 heteroatoms. The molecule has 0 radical (unpaired) electrons. The highest BCUT2D eigenvalue weighted by Crippen LogP contribution is 2.51. The van der Waals surface area contributed by atoms with Gasteiger partial charge in [-0.25, -0.2) is 4.98 Å². The molecule has 2 aromatic heterocycles. The van der Waals surface area contributed by atoms with Gasteiger partial charge in [0.25, 0.3) is 11.6 Å². The summed E-state index contributed by atoms with van der Waals surface area (Å²) in [5.41, 5.74) is 2.48. The van der Waals surface area contributed by atoms with Crippen molar-refractivity contribution in [1.29, 1.82) is 0 Å². The van der Waals surface area contributed by atoms with E-state index in [2.05, 4.69) is 15.5 Å². The molecule has 2 bridgehead atoms. The van der Waals surface area contributed by atoms with Crippen LogP contribution in [0.2, 0.25) is 0 Å². The number of fused-ring (bicyclic) bond motifs is 3. The molecule has 3 atom stereocenters. The van der Waals surface area contributed by atoms with Crippen molar-refractivity contribution in [2.75, 3.05) is 6.54 Å². The predicted molar refractivity (Wildman–Crippen MR) is 109 cm³/mol. The molecule has 3 unspecified atom stereocenters. The third-order valence-corrected chi connectivity index (χ3v) is 6.72. The van der Waals surface area contributed by atoms with Crippen LogP contribution in [-0.2, 0) is 0 Å². The largest absolute Gasteiger partial charge is 0.390 e. The molecule has 29 heavy (non-hydrogen) atoms. The monoisotopic (exact) mass is 391 g/mol. The van der Waals surface area contributed by atoms with Crippen LogP contribution in [0.1, 0.15) is 48.2 Å². The molecule has 6 nitrogen and oxygen atoms in total. The van der Waals surface area contributed by atoms with Gasteiger partial charge in [0.05, 0.1) is 27.9 Å². The first kappa shape index (κ1) is 18.3. The predicted octanol–water partition coefficient (Wildman–Crippen LogP) is 3.87. The van der Waals surface area contributed by atoms with E-state index in [1.165, 1.54) is 6.42 Å². The molecule has 2 fully saturated rings. The van der Waals surface area contributed by atoms with Crippen LogP contribution in [0, 0.1) is 18.8 Å². The van der Waals surface area contributed by atoms with Gasteiger partial charge in [-0.2, -0.15) is 0 Å². The zero-order chi connectivity index (χ0) is 20.0. The van der Waals surface area contributed by atoms with E-state index < -0.39 is 5.60 Å². The van der Waals surface area contributed by atoms with Crippen molar-refractivity contribution >= 4 is 17.0 Å². The van der Waals surface area contributed by atoms with E-state index in [1.807, 2.05) is 37.3 Å². The van der Waals surface area contributed by atoms with Gasteiger partial charge in [-0.1, -0.05) is 35.5 Å². The Kier molecular flexibility index (Phi) is 4.39. The lowest BCUT2D eigenvalue weighted by atomic mass is 9.82. The molecule has 2 aliphatic carbocycles. The molecular weight excluding hydrogens is 366 g/mol. The first-order valence-corrected chi connectivity index (χ1v) is 10.4. The molecule has 2 aliphatic rings. The number of nitrogens with one attached hydrogen (secondary N) is 1. The van der Waals surface area contributed by atoms with Crippen LogP contribution in [0.25, 0.3) is 22.4 Å². The van der Waals surface area contributed by atoms with Gasteiger partial charge in [0.2, 0.25) is 0 Å². The smallest absolute Gasteiger partial charge is 0.259 e. The van der Waals surface area contributed by atoms with Crippen LogP contribution in [-0.4, -0.2) is 33.3 Å². The molecule has 0 saturated heterocycles. The summed E-state index contributed by atoms with van der Waals surface area (Å²) in [7, 11) is 0. The van der Waals surface area contributed by atoms with Gasteiger partial charge in [-0.3, -0.25) is 4.79 Å². The zero-order valence-corrected chi connectivity index (χ0v) is 16.5. The Balaban J connectivity index is 1.38.